The Morgan fingerprint density at radius 1 is 1.05 bits per heavy atom. The van der Waals surface area contributed by atoms with E-state index in [1.165, 1.54) is 17.7 Å². The van der Waals surface area contributed by atoms with Gasteiger partial charge in [-0.15, -0.1) is 0 Å². The van der Waals surface area contributed by atoms with Crippen molar-refractivity contribution in [3.8, 4) is 0 Å². The van der Waals surface area contributed by atoms with E-state index in [9.17, 15) is 13.4 Å². The number of aromatic nitrogens is 1. The van der Waals surface area contributed by atoms with Gasteiger partial charge in [-0.3, -0.25) is 9.78 Å². The molecule has 5 rings (SSSR count). The summed E-state index contributed by atoms with van der Waals surface area (Å²) in [6.45, 7) is 4.38. The molecule has 3 aromatic carbocycles. The molecule has 40 heavy (non-hydrogen) atoms. The van der Waals surface area contributed by atoms with Gasteiger partial charge in [0.05, 0.1) is 17.1 Å². The van der Waals surface area contributed by atoms with Crippen LogP contribution in [0, 0.1) is 12.7 Å². The highest BCUT2D eigenvalue weighted by Crippen LogP contribution is 2.34. The molecule has 206 valence electrons. The summed E-state index contributed by atoms with van der Waals surface area (Å²) in [6.07, 6.45) is 3.03. The highest BCUT2D eigenvalue weighted by Gasteiger charge is 2.26. The largest absolute Gasteiger partial charge is 0.306 e. The van der Waals surface area contributed by atoms with Crippen molar-refractivity contribution >= 4 is 22.6 Å². The Hall–Kier alpha value is -3.68. The van der Waals surface area contributed by atoms with Crippen LogP contribution in [-0.2, 0) is 28.7 Å². The normalized spacial score (nSPS) is 16.1. The lowest BCUT2D eigenvalue weighted by Gasteiger charge is -2.30. The molecule has 3 atom stereocenters. The van der Waals surface area contributed by atoms with Gasteiger partial charge in [-0.1, -0.05) is 55.5 Å². The minimum Gasteiger partial charge on any atom is -0.306 e. The number of fused-ring (bicyclic) bond motifs is 1. The molecular formula is C33H34FN3O2S. The molecule has 1 aromatic heterocycles. The van der Waals surface area contributed by atoms with Gasteiger partial charge in [0.15, 0.2) is 0 Å². The van der Waals surface area contributed by atoms with Crippen LogP contribution in [0.15, 0.2) is 95.9 Å². The van der Waals surface area contributed by atoms with Crippen LogP contribution < -0.4 is 9.62 Å². The third-order valence-corrected chi connectivity index (χ3v) is 8.61. The summed E-state index contributed by atoms with van der Waals surface area (Å²) in [5, 5.41) is 0. The lowest BCUT2D eigenvalue weighted by molar-refractivity contribution is -0.119. The zero-order valence-corrected chi connectivity index (χ0v) is 23.7. The van der Waals surface area contributed by atoms with E-state index >= 15 is 0 Å². The lowest BCUT2D eigenvalue weighted by Crippen LogP contribution is -2.32. The maximum atomic E-state index is 13.9. The lowest BCUT2D eigenvalue weighted by atomic mass is 9.87. The van der Waals surface area contributed by atoms with E-state index in [1.54, 1.807) is 12.1 Å². The highest BCUT2D eigenvalue weighted by molar-refractivity contribution is 7.83. The van der Waals surface area contributed by atoms with Crippen molar-refractivity contribution in [2.24, 2.45) is 0 Å². The van der Waals surface area contributed by atoms with Crippen LogP contribution in [0.1, 0.15) is 66.2 Å². The molecule has 1 N–H and O–H groups in total. The summed E-state index contributed by atoms with van der Waals surface area (Å²) in [5.74, 6) is -0.340. The maximum Gasteiger partial charge on any atom is 0.227 e. The number of anilines is 1. The monoisotopic (exact) mass is 555 g/mol. The number of amides is 1. The molecule has 0 saturated carbocycles. The average molecular weight is 556 g/mol. The fourth-order valence-corrected chi connectivity index (χ4v) is 6.36. The summed E-state index contributed by atoms with van der Waals surface area (Å²) >= 11 is 0. The molecule has 1 amide bonds. The Balaban J connectivity index is 1.44. The van der Waals surface area contributed by atoms with Crippen LogP contribution in [0.4, 0.5) is 10.1 Å². The number of halogens is 1. The topological polar surface area (TPSA) is 62.3 Å². The van der Waals surface area contributed by atoms with Crippen LogP contribution in [0.2, 0.25) is 0 Å². The van der Waals surface area contributed by atoms with E-state index in [2.05, 4.69) is 40.9 Å². The molecule has 7 heteroatoms. The minimum absolute atomic E-state index is 0.0169. The number of rotatable bonds is 9. The van der Waals surface area contributed by atoms with Crippen molar-refractivity contribution in [3.05, 3.63) is 125 Å². The fourth-order valence-electron chi connectivity index (χ4n) is 5.30. The van der Waals surface area contributed by atoms with E-state index in [1.807, 2.05) is 54.3 Å². The second-order valence-corrected chi connectivity index (χ2v) is 11.7. The molecule has 0 radical (unpaired) electrons. The number of hydrogen-bond acceptors (Lipinski definition) is 3. The number of benzene rings is 3. The van der Waals surface area contributed by atoms with Crippen LogP contribution in [0.3, 0.4) is 0 Å². The maximum absolute atomic E-state index is 13.9. The smallest absolute Gasteiger partial charge is 0.227 e. The molecule has 1 heterocycles. The minimum atomic E-state index is -1.57. The van der Waals surface area contributed by atoms with Gasteiger partial charge in [0.2, 0.25) is 5.91 Å². The molecule has 0 bridgehead atoms. The number of aryl methyl sites for hydroxylation is 2. The van der Waals surface area contributed by atoms with Crippen LogP contribution in [0.25, 0.3) is 0 Å². The van der Waals surface area contributed by atoms with Crippen molar-refractivity contribution in [2.45, 2.75) is 62.9 Å². The zero-order valence-electron chi connectivity index (χ0n) is 22.8. The molecular weight excluding hydrogens is 521 g/mol. The van der Waals surface area contributed by atoms with Gasteiger partial charge in [-0.25, -0.2) is 13.3 Å². The Morgan fingerprint density at radius 3 is 2.62 bits per heavy atom. The Morgan fingerprint density at radius 2 is 1.85 bits per heavy atom. The van der Waals surface area contributed by atoms with Gasteiger partial charge in [0, 0.05) is 23.8 Å². The predicted molar refractivity (Wildman–Crippen MR) is 158 cm³/mol. The number of hydrogen-bond donors (Lipinski definition) is 1. The summed E-state index contributed by atoms with van der Waals surface area (Å²) in [4.78, 5) is 20.7. The van der Waals surface area contributed by atoms with Gasteiger partial charge in [0.25, 0.3) is 0 Å². The molecule has 5 nitrogen and oxygen atoms in total. The number of nitrogens with one attached hydrogen (secondary N) is 1. The first-order valence-electron chi connectivity index (χ1n) is 13.7. The molecule has 0 aliphatic heterocycles. The van der Waals surface area contributed by atoms with E-state index < -0.39 is 16.8 Å². The van der Waals surface area contributed by atoms with Crippen molar-refractivity contribution in [1.82, 2.24) is 9.71 Å². The van der Waals surface area contributed by atoms with Gasteiger partial charge in [-0.2, -0.15) is 0 Å². The van der Waals surface area contributed by atoms with Crippen molar-refractivity contribution in [1.29, 1.82) is 0 Å². The van der Waals surface area contributed by atoms with E-state index in [-0.39, 0.29) is 17.9 Å². The molecule has 1 aliphatic rings. The highest BCUT2D eigenvalue weighted by atomic mass is 32.2. The number of nitrogens with zero attached hydrogens (tertiary/aromatic N) is 2. The molecule has 0 saturated heterocycles. The third kappa shape index (κ3) is 6.72. The standard InChI is InChI=1S/C33H34FN3O2S/c1-23(25-10-4-3-5-11-25)19-33(38)37(22-28-14-6-9-24(2)35-28)29-18-17-26-12-7-16-32(31(26)21-29)36-40(39)30-15-8-13-27(34)20-30/h3-6,8-11,13-15,17-18,20-21,23,32,36H,7,12,16,19,22H2,1-2H3/t23-,32?,40?/m0/s1. The summed E-state index contributed by atoms with van der Waals surface area (Å²) in [7, 11) is -1.57. The van der Waals surface area contributed by atoms with Crippen molar-refractivity contribution in [2.75, 3.05) is 4.90 Å². The van der Waals surface area contributed by atoms with E-state index in [0.29, 0.717) is 17.9 Å². The Kier molecular flexibility index (Phi) is 8.82. The molecule has 4 aromatic rings. The quantitative estimate of drug-likeness (QED) is 0.243. The van der Waals surface area contributed by atoms with E-state index in [4.69, 9.17) is 0 Å². The predicted octanol–water partition coefficient (Wildman–Crippen LogP) is 6.95. The summed E-state index contributed by atoms with van der Waals surface area (Å²) in [5.41, 5.74) is 5.83. The zero-order chi connectivity index (χ0) is 28.1. The summed E-state index contributed by atoms with van der Waals surface area (Å²) < 4.78 is 30.1. The first-order valence-corrected chi connectivity index (χ1v) is 14.9. The number of pyridine rings is 1. The van der Waals surface area contributed by atoms with Gasteiger partial charge in [-0.05, 0) is 91.3 Å². The first kappa shape index (κ1) is 27.9. The molecule has 0 fully saturated rings. The van der Waals surface area contributed by atoms with Crippen LogP contribution in [-0.4, -0.2) is 15.1 Å². The number of carbonyl (C=O) groups excluding carboxylic acids is 1. The third-order valence-electron chi connectivity index (χ3n) is 7.43. The number of carbonyl (C=O) groups is 1. The molecule has 2 unspecified atom stereocenters. The second kappa shape index (κ2) is 12.7. The van der Waals surface area contributed by atoms with Crippen LogP contribution >= 0.6 is 0 Å². The molecule has 0 spiro atoms. The van der Waals surface area contributed by atoms with Crippen LogP contribution in [0.5, 0.6) is 0 Å². The van der Waals surface area contributed by atoms with Crippen molar-refractivity contribution < 1.29 is 13.4 Å². The van der Waals surface area contributed by atoms with E-state index in [0.717, 1.165) is 47.5 Å². The Bertz CT molecular complexity index is 1510. The van der Waals surface area contributed by atoms with Crippen molar-refractivity contribution in [3.63, 3.8) is 0 Å². The fraction of sp³-hybridized carbons (Fsp3) is 0.273. The average Bonchev–Trinajstić information content (AvgIpc) is 2.96. The SMILES string of the molecule is Cc1cccc(CN(C(=O)C[C@H](C)c2ccccc2)c2ccc3c(c2)C(NS(=O)c2cccc(F)c2)CCC3)n1. The second-order valence-electron chi connectivity index (χ2n) is 10.4. The Labute approximate surface area is 238 Å². The van der Waals surface area contributed by atoms with Gasteiger partial charge in [0.1, 0.15) is 16.8 Å². The molecule has 1 aliphatic carbocycles. The van der Waals surface area contributed by atoms with Gasteiger partial charge < -0.3 is 4.90 Å². The first-order chi connectivity index (χ1) is 19.4. The summed E-state index contributed by atoms with van der Waals surface area (Å²) in [6, 6.07) is 27.8. The van der Waals surface area contributed by atoms with Gasteiger partial charge >= 0.3 is 0 Å².